The van der Waals surface area contributed by atoms with Crippen molar-refractivity contribution >= 4 is 29.0 Å². The summed E-state index contributed by atoms with van der Waals surface area (Å²) in [6.45, 7) is 2.95. The molecule has 2 atom stereocenters. The highest BCUT2D eigenvalue weighted by atomic mass is 32.2. The third-order valence-electron chi connectivity index (χ3n) is 3.72. The van der Waals surface area contributed by atoms with Crippen molar-refractivity contribution in [1.82, 2.24) is 10.2 Å². The van der Waals surface area contributed by atoms with E-state index in [4.69, 9.17) is 0 Å². The van der Waals surface area contributed by atoms with E-state index >= 15 is 0 Å². The Labute approximate surface area is 130 Å². The zero-order chi connectivity index (χ0) is 14.4. The molecule has 0 spiro atoms. The number of hydrogen-bond acceptors (Lipinski definition) is 4. The highest BCUT2D eigenvalue weighted by Gasteiger charge is 2.38. The van der Waals surface area contributed by atoms with Crippen molar-refractivity contribution in [3.63, 3.8) is 0 Å². The summed E-state index contributed by atoms with van der Waals surface area (Å²) in [7, 11) is 0. The molecule has 112 valence electrons. The lowest BCUT2D eigenvalue weighted by atomic mass is 10.2. The maximum atomic E-state index is 12.4. The van der Waals surface area contributed by atoms with Gasteiger partial charge in [0, 0.05) is 11.4 Å². The van der Waals surface area contributed by atoms with Crippen molar-refractivity contribution in [2.24, 2.45) is 0 Å². The molecule has 2 unspecified atom stereocenters. The predicted molar refractivity (Wildman–Crippen MR) is 88.2 cm³/mol. The van der Waals surface area contributed by atoms with Crippen LogP contribution in [0.1, 0.15) is 43.6 Å². The second-order valence-electron chi connectivity index (χ2n) is 5.13. The molecule has 5 heteroatoms. The summed E-state index contributed by atoms with van der Waals surface area (Å²) < 4.78 is 0. The van der Waals surface area contributed by atoms with Crippen LogP contribution in [0.5, 0.6) is 0 Å². The number of thiophene rings is 1. The molecular formula is C15H24N2OS2. The Balaban J connectivity index is 1.93. The number of carbonyl (C=O) groups is 1. The van der Waals surface area contributed by atoms with Crippen LogP contribution >= 0.6 is 23.1 Å². The molecule has 0 aliphatic carbocycles. The van der Waals surface area contributed by atoms with Gasteiger partial charge in [0.15, 0.2) is 0 Å². The van der Waals surface area contributed by atoms with Crippen molar-refractivity contribution in [2.75, 3.05) is 18.6 Å². The van der Waals surface area contributed by atoms with Crippen LogP contribution in [0.3, 0.4) is 0 Å². The number of carbonyl (C=O) groups excluding carboxylic acids is 1. The van der Waals surface area contributed by atoms with E-state index in [9.17, 15) is 4.79 Å². The standard InChI is InChI=1S/C15H24N2OS2/c1-3-12-15(18)17(9-5-4-6-10-19-2)14(16-12)13-8-7-11-20-13/h7-8,11-12,14,16H,3-6,9-10H2,1-2H3. The van der Waals surface area contributed by atoms with Crippen LogP contribution in [-0.2, 0) is 4.79 Å². The van der Waals surface area contributed by atoms with Crippen LogP contribution in [0.15, 0.2) is 17.5 Å². The third kappa shape index (κ3) is 3.77. The molecule has 1 N–H and O–H groups in total. The molecule has 3 nitrogen and oxygen atoms in total. The lowest BCUT2D eigenvalue weighted by Crippen LogP contribution is -2.31. The van der Waals surface area contributed by atoms with Crippen molar-refractivity contribution in [1.29, 1.82) is 0 Å². The molecule has 2 rings (SSSR count). The molecule has 0 radical (unpaired) electrons. The van der Waals surface area contributed by atoms with Crippen LogP contribution in [0.25, 0.3) is 0 Å². The molecular weight excluding hydrogens is 288 g/mol. The Hall–Kier alpha value is -0.520. The molecule has 1 aliphatic heterocycles. The number of nitrogens with zero attached hydrogens (tertiary/aromatic N) is 1. The summed E-state index contributed by atoms with van der Waals surface area (Å²) in [4.78, 5) is 15.7. The first-order valence-corrected chi connectivity index (χ1v) is 9.64. The first kappa shape index (κ1) is 15.9. The second-order valence-corrected chi connectivity index (χ2v) is 7.10. The minimum atomic E-state index is -0.00621. The van der Waals surface area contributed by atoms with E-state index in [0.29, 0.717) is 0 Å². The molecule has 1 aromatic heterocycles. The van der Waals surface area contributed by atoms with E-state index in [-0.39, 0.29) is 18.1 Å². The highest BCUT2D eigenvalue weighted by Crippen LogP contribution is 2.29. The van der Waals surface area contributed by atoms with Crippen LogP contribution in [0.2, 0.25) is 0 Å². The quantitative estimate of drug-likeness (QED) is 0.746. The van der Waals surface area contributed by atoms with Gasteiger partial charge in [-0.25, -0.2) is 0 Å². The van der Waals surface area contributed by atoms with Gasteiger partial charge in [-0.1, -0.05) is 19.4 Å². The molecule has 0 saturated carbocycles. The van der Waals surface area contributed by atoms with Gasteiger partial charge in [-0.2, -0.15) is 11.8 Å². The number of rotatable bonds is 8. The van der Waals surface area contributed by atoms with Crippen LogP contribution < -0.4 is 5.32 Å². The van der Waals surface area contributed by atoms with Gasteiger partial charge < -0.3 is 4.90 Å². The Morgan fingerprint density at radius 3 is 2.90 bits per heavy atom. The van der Waals surface area contributed by atoms with Gasteiger partial charge in [0.25, 0.3) is 0 Å². The SMILES string of the molecule is CCC1NC(c2cccs2)N(CCCCCSC)C1=O. The highest BCUT2D eigenvalue weighted by molar-refractivity contribution is 7.98. The van der Waals surface area contributed by atoms with E-state index < -0.39 is 0 Å². The zero-order valence-corrected chi connectivity index (χ0v) is 13.9. The minimum absolute atomic E-state index is 0.00621. The Morgan fingerprint density at radius 2 is 2.25 bits per heavy atom. The molecule has 1 saturated heterocycles. The number of amides is 1. The van der Waals surface area contributed by atoms with Gasteiger partial charge in [0.2, 0.25) is 5.91 Å². The fourth-order valence-electron chi connectivity index (χ4n) is 2.60. The second kappa shape index (κ2) is 8.05. The molecule has 20 heavy (non-hydrogen) atoms. The van der Waals surface area contributed by atoms with Crippen LogP contribution in [-0.4, -0.2) is 35.4 Å². The Morgan fingerprint density at radius 1 is 1.40 bits per heavy atom. The molecule has 1 fully saturated rings. The fraction of sp³-hybridized carbons (Fsp3) is 0.667. The third-order valence-corrected chi connectivity index (χ3v) is 5.34. The normalized spacial score (nSPS) is 22.7. The van der Waals surface area contributed by atoms with Crippen molar-refractivity contribution in [2.45, 2.75) is 44.8 Å². The predicted octanol–water partition coefficient (Wildman–Crippen LogP) is 3.49. The number of nitrogens with one attached hydrogen (secondary N) is 1. The molecule has 1 aliphatic rings. The topological polar surface area (TPSA) is 32.3 Å². The Bertz CT molecular complexity index is 408. The summed E-state index contributed by atoms with van der Waals surface area (Å²) in [6.07, 6.45) is 6.66. The Kier molecular flexibility index (Phi) is 6.39. The maximum absolute atomic E-state index is 12.4. The zero-order valence-electron chi connectivity index (χ0n) is 12.3. The maximum Gasteiger partial charge on any atom is 0.241 e. The number of hydrogen-bond donors (Lipinski definition) is 1. The van der Waals surface area contributed by atoms with E-state index in [1.165, 1.54) is 23.5 Å². The molecule has 0 aromatic carbocycles. The molecule has 2 heterocycles. The number of thioether (sulfide) groups is 1. The van der Waals surface area contributed by atoms with E-state index in [1.807, 2.05) is 16.7 Å². The van der Waals surface area contributed by atoms with Gasteiger partial charge in [0.1, 0.15) is 6.17 Å². The summed E-state index contributed by atoms with van der Waals surface area (Å²) >= 11 is 3.62. The minimum Gasteiger partial charge on any atom is -0.321 e. The van der Waals surface area contributed by atoms with Gasteiger partial charge >= 0.3 is 0 Å². The van der Waals surface area contributed by atoms with Crippen molar-refractivity contribution < 1.29 is 4.79 Å². The van der Waals surface area contributed by atoms with Gasteiger partial charge in [0.05, 0.1) is 6.04 Å². The molecule has 0 bridgehead atoms. The lowest BCUT2D eigenvalue weighted by Gasteiger charge is -2.23. The van der Waals surface area contributed by atoms with Gasteiger partial charge in [-0.3, -0.25) is 10.1 Å². The molecule has 1 amide bonds. The average molecular weight is 313 g/mol. The van der Waals surface area contributed by atoms with Gasteiger partial charge in [-0.05, 0) is 42.7 Å². The van der Waals surface area contributed by atoms with Gasteiger partial charge in [-0.15, -0.1) is 11.3 Å². The fourth-order valence-corrected chi connectivity index (χ4v) is 3.89. The van der Waals surface area contributed by atoms with Crippen LogP contribution in [0.4, 0.5) is 0 Å². The smallest absolute Gasteiger partial charge is 0.241 e. The summed E-state index contributed by atoms with van der Waals surface area (Å²) in [5.41, 5.74) is 0. The summed E-state index contributed by atoms with van der Waals surface area (Å²) in [5, 5.41) is 5.56. The number of unbranched alkanes of at least 4 members (excludes halogenated alkanes) is 2. The largest absolute Gasteiger partial charge is 0.321 e. The van der Waals surface area contributed by atoms with Crippen LogP contribution in [0, 0.1) is 0 Å². The average Bonchev–Trinajstić information content (AvgIpc) is 3.07. The first-order valence-electron chi connectivity index (χ1n) is 7.36. The summed E-state index contributed by atoms with van der Waals surface area (Å²) in [5.74, 6) is 1.49. The first-order chi connectivity index (χ1) is 9.77. The van der Waals surface area contributed by atoms with E-state index in [1.54, 1.807) is 11.3 Å². The summed E-state index contributed by atoms with van der Waals surface area (Å²) in [6, 6.07) is 4.17. The van der Waals surface area contributed by atoms with E-state index in [0.717, 1.165) is 19.4 Å². The van der Waals surface area contributed by atoms with Crippen molar-refractivity contribution in [3.05, 3.63) is 22.4 Å². The van der Waals surface area contributed by atoms with Crippen molar-refractivity contribution in [3.8, 4) is 0 Å². The van der Waals surface area contributed by atoms with E-state index in [2.05, 4.69) is 36.0 Å². The lowest BCUT2D eigenvalue weighted by molar-refractivity contribution is -0.130. The monoisotopic (exact) mass is 312 g/mol. The molecule has 1 aromatic rings.